The van der Waals surface area contributed by atoms with Crippen LogP contribution in [0.15, 0.2) is 54.6 Å². The monoisotopic (exact) mass is 268 g/mol. The van der Waals surface area contributed by atoms with Crippen LogP contribution in [0.1, 0.15) is 31.4 Å². The van der Waals surface area contributed by atoms with Gasteiger partial charge in [0, 0.05) is 13.5 Å². The van der Waals surface area contributed by atoms with Crippen molar-refractivity contribution >= 4 is 5.78 Å². The molecule has 0 saturated carbocycles. The lowest BCUT2D eigenvalue weighted by Crippen LogP contribution is -2.05. The summed E-state index contributed by atoms with van der Waals surface area (Å²) < 4.78 is 5.60. The number of rotatable bonds is 6. The van der Waals surface area contributed by atoms with Crippen molar-refractivity contribution in [1.82, 2.24) is 0 Å². The molecule has 0 aliphatic carbocycles. The summed E-state index contributed by atoms with van der Waals surface area (Å²) in [4.78, 5) is 11.2. The highest BCUT2D eigenvalue weighted by molar-refractivity contribution is 5.75. The molecule has 20 heavy (non-hydrogen) atoms. The molecule has 2 heteroatoms. The molecule has 1 unspecified atom stereocenters. The van der Waals surface area contributed by atoms with Crippen molar-refractivity contribution in [1.29, 1.82) is 0 Å². The molecule has 2 nitrogen and oxygen atoms in total. The highest BCUT2D eigenvalue weighted by atomic mass is 16.5. The first-order valence-corrected chi connectivity index (χ1v) is 6.89. The average Bonchev–Trinajstić information content (AvgIpc) is 2.49. The maximum Gasteiger partial charge on any atom is 0.129 e. The van der Waals surface area contributed by atoms with Gasteiger partial charge >= 0.3 is 0 Å². The second kappa shape index (κ2) is 7.01. The molecule has 0 saturated heterocycles. The van der Waals surface area contributed by atoms with E-state index in [1.165, 1.54) is 11.1 Å². The Bertz CT molecular complexity index is 561. The molecule has 2 aromatic rings. The summed E-state index contributed by atoms with van der Waals surface area (Å²) in [5, 5.41) is 0. The molecule has 0 fully saturated rings. The van der Waals surface area contributed by atoms with Crippen LogP contribution in [-0.2, 0) is 9.53 Å². The standard InChI is InChI=1S/C18H20O2/c1-14(19)12-13-18(20-2)17-11-7-6-10-16(17)15-8-4-3-5-9-15/h3-11,18H,12-13H2,1-2H3. The summed E-state index contributed by atoms with van der Waals surface area (Å²) >= 11 is 0. The van der Waals surface area contributed by atoms with E-state index >= 15 is 0 Å². The first kappa shape index (κ1) is 14.5. The Balaban J connectivity index is 2.33. The molecule has 0 bridgehead atoms. The van der Waals surface area contributed by atoms with Gasteiger partial charge in [0.15, 0.2) is 0 Å². The number of carbonyl (C=O) groups is 1. The molecular weight excluding hydrogens is 248 g/mol. The Morgan fingerprint density at radius 2 is 1.70 bits per heavy atom. The molecule has 2 aromatic carbocycles. The predicted molar refractivity (Wildman–Crippen MR) is 81.5 cm³/mol. The van der Waals surface area contributed by atoms with Crippen LogP contribution in [0, 0.1) is 0 Å². The second-order valence-corrected chi connectivity index (χ2v) is 4.92. The molecule has 2 rings (SSSR count). The SMILES string of the molecule is COC(CCC(C)=O)c1ccccc1-c1ccccc1. The number of hydrogen-bond acceptors (Lipinski definition) is 2. The minimum Gasteiger partial charge on any atom is -0.377 e. The zero-order chi connectivity index (χ0) is 14.4. The summed E-state index contributed by atoms with van der Waals surface area (Å²) in [5.41, 5.74) is 3.49. The van der Waals surface area contributed by atoms with Crippen molar-refractivity contribution < 1.29 is 9.53 Å². The lowest BCUT2D eigenvalue weighted by Gasteiger charge is -2.19. The van der Waals surface area contributed by atoms with E-state index in [-0.39, 0.29) is 11.9 Å². The quantitative estimate of drug-likeness (QED) is 0.775. The van der Waals surface area contributed by atoms with Gasteiger partial charge in [0.2, 0.25) is 0 Å². The zero-order valence-electron chi connectivity index (χ0n) is 12.0. The Labute approximate surface area is 120 Å². The fourth-order valence-electron chi connectivity index (χ4n) is 2.39. The van der Waals surface area contributed by atoms with Crippen molar-refractivity contribution in [3.8, 4) is 11.1 Å². The van der Waals surface area contributed by atoms with E-state index in [0.717, 1.165) is 12.0 Å². The number of Topliss-reactive ketones (excluding diaryl/α,β-unsaturated/α-hetero) is 1. The number of carbonyl (C=O) groups excluding carboxylic acids is 1. The molecule has 0 heterocycles. The van der Waals surface area contributed by atoms with Crippen LogP contribution in [0.5, 0.6) is 0 Å². The first-order valence-electron chi connectivity index (χ1n) is 6.89. The van der Waals surface area contributed by atoms with Gasteiger partial charge in [0.05, 0.1) is 6.10 Å². The Hall–Kier alpha value is -1.93. The minimum atomic E-state index is -0.0460. The van der Waals surface area contributed by atoms with E-state index in [1.807, 2.05) is 30.3 Å². The van der Waals surface area contributed by atoms with Crippen LogP contribution in [-0.4, -0.2) is 12.9 Å². The fraction of sp³-hybridized carbons (Fsp3) is 0.278. The van der Waals surface area contributed by atoms with E-state index in [1.54, 1.807) is 14.0 Å². The van der Waals surface area contributed by atoms with Gasteiger partial charge in [-0.2, -0.15) is 0 Å². The fourth-order valence-corrected chi connectivity index (χ4v) is 2.39. The largest absolute Gasteiger partial charge is 0.377 e. The van der Waals surface area contributed by atoms with Gasteiger partial charge in [-0.25, -0.2) is 0 Å². The van der Waals surface area contributed by atoms with Crippen molar-refractivity contribution in [2.75, 3.05) is 7.11 Å². The molecule has 0 N–H and O–H groups in total. The average molecular weight is 268 g/mol. The number of ether oxygens (including phenoxy) is 1. The topological polar surface area (TPSA) is 26.3 Å². The molecule has 0 radical (unpaired) electrons. The third-order valence-corrected chi connectivity index (χ3v) is 3.44. The van der Waals surface area contributed by atoms with Crippen LogP contribution in [0.3, 0.4) is 0 Å². The van der Waals surface area contributed by atoms with Crippen molar-refractivity contribution in [3.63, 3.8) is 0 Å². The van der Waals surface area contributed by atoms with Crippen LogP contribution in [0.25, 0.3) is 11.1 Å². The number of hydrogen-bond donors (Lipinski definition) is 0. The maximum absolute atomic E-state index is 11.2. The second-order valence-electron chi connectivity index (χ2n) is 4.92. The summed E-state index contributed by atoms with van der Waals surface area (Å²) in [6.45, 7) is 1.62. The molecule has 0 amide bonds. The number of methoxy groups -OCH3 is 1. The van der Waals surface area contributed by atoms with Gasteiger partial charge in [-0.1, -0.05) is 54.6 Å². The lowest BCUT2D eigenvalue weighted by molar-refractivity contribution is -0.117. The van der Waals surface area contributed by atoms with Crippen molar-refractivity contribution in [3.05, 3.63) is 60.2 Å². The van der Waals surface area contributed by atoms with Gasteiger partial charge < -0.3 is 9.53 Å². The van der Waals surface area contributed by atoms with E-state index < -0.39 is 0 Å². The Kier molecular flexibility index (Phi) is 5.08. The molecule has 0 aliphatic rings. The van der Waals surface area contributed by atoms with E-state index in [9.17, 15) is 4.79 Å². The number of benzene rings is 2. The summed E-state index contributed by atoms with van der Waals surface area (Å²) in [6.07, 6.45) is 1.22. The summed E-state index contributed by atoms with van der Waals surface area (Å²) in [6, 6.07) is 18.5. The van der Waals surface area contributed by atoms with Gasteiger partial charge in [-0.15, -0.1) is 0 Å². The minimum absolute atomic E-state index is 0.0460. The molecule has 0 aliphatic heterocycles. The predicted octanol–water partition coefficient (Wildman–Crippen LogP) is 4.41. The van der Waals surface area contributed by atoms with E-state index in [2.05, 4.69) is 24.3 Å². The van der Waals surface area contributed by atoms with Crippen LogP contribution >= 0.6 is 0 Å². The normalized spacial score (nSPS) is 12.1. The lowest BCUT2D eigenvalue weighted by atomic mass is 9.94. The third kappa shape index (κ3) is 3.55. The summed E-state index contributed by atoms with van der Waals surface area (Å²) in [5.74, 6) is 0.198. The Morgan fingerprint density at radius 1 is 1.05 bits per heavy atom. The van der Waals surface area contributed by atoms with Crippen LogP contribution < -0.4 is 0 Å². The highest BCUT2D eigenvalue weighted by Gasteiger charge is 2.15. The van der Waals surface area contributed by atoms with Gasteiger partial charge in [-0.05, 0) is 30.0 Å². The molecular formula is C18H20O2. The van der Waals surface area contributed by atoms with E-state index in [0.29, 0.717) is 6.42 Å². The summed E-state index contributed by atoms with van der Waals surface area (Å²) in [7, 11) is 1.70. The molecule has 104 valence electrons. The Morgan fingerprint density at radius 3 is 2.35 bits per heavy atom. The zero-order valence-corrected chi connectivity index (χ0v) is 12.0. The number of ketones is 1. The first-order chi connectivity index (χ1) is 9.72. The third-order valence-electron chi connectivity index (χ3n) is 3.44. The molecule has 1 atom stereocenters. The van der Waals surface area contributed by atoms with Crippen LogP contribution in [0.2, 0.25) is 0 Å². The van der Waals surface area contributed by atoms with E-state index in [4.69, 9.17) is 4.74 Å². The highest BCUT2D eigenvalue weighted by Crippen LogP contribution is 2.32. The maximum atomic E-state index is 11.2. The van der Waals surface area contributed by atoms with Gasteiger partial charge in [-0.3, -0.25) is 0 Å². The van der Waals surface area contributed by atoms with Crippen molar-refractivity contribution in [2.24, 2.45) is 0 Å². The van der Waals surface area contributed by atoms with Crippen LogP contribution in [0.4, 0.5) is 0 Å². The van der Waals surface area contributed by atoms with Gasteiger partial charge in [0.1, 0.15) is 5.78 Å². The van der Waals surface area contributed by atoms with Crippen molar-refractivity contribution in [2.45, 2.75) is 25.9 Å². The van der Waals surface area contributed by atoms with Gasteiger partial charge in [0.25, 0.3) is 0 Å². The molecule has 0 spiro atoms. The molecule has 0 aromatic heterocycles. The smallest absolute Gasteiger partial charge is 0.129 e.